The first-order chi connectivity index (χ1) is 10.3. The molecule has 2 aromatic carbocycles. The highest BCUT2D eigenvalue weighted by molar-refractivity contribution is 9.10. The summed E-state index contributed by atoms with van der Waals surface area (Å²) in [4.78, 5) is 13.5. The fraction of sp³-hybridized carbons (Fsp3) is 0.133. The van der Waals surface area contributed by atoms with Crippen LogP contribution >= 0.6 is 15.9 Å². The van der Waals surface area contributed by atoms with Crippen LogP contribution in [0.5, 0.6) is 0 Å². The number of carbonyl (C=O) groups is 1. The summed E-state index contributed by atoms with van der Waals surface area (Å²) in [5.74, 6) is -1.69. The smallest absolute Gasteiger partial charge is 0.256 e. The van der Waals surface area contributed by atoms with E-state index in [2.05, 4.69) is 15.9 Å². The largest absolute Gasteiger partial charge is 0.375 e. The molecule has 0 fully saturated rings. The van der Waals surface area contributed by atoms with Crippen molar-refractivity contribution in [3.8, 4) is 0 Å². The Balaban J connectivity index is 2.03. The molecule has 1 unspecified atom stereocenters. The minimum atomic E-state index is -1.82. The first-order valence-electron chi connectivity index (χ1n) is 6.59. The van der Waals surface area contributed by atoms with Crippen LogP contribution in [0.1, 0.15) is 21.5 Å². The molecular weight excluding hydrogens is 355 g/mol. The van der Waals surface area contributed by atoms with Crippen molar-refractivity contribution in [1.82, 2.24) is 4.90 Å². The van der Waals surface area contributed by atoms with Crippen molar-refractivity contribution in [3.63, 3.8) is 0 Å². The summed E-state index contributed by atoms with van der Waals surface area (Å²) in [5, 5.41) is 10.6. The number of halogens is 3. The SMILES string of the molecule is BC1(O)c2c(F)cccc2C(=O)N1Cc1ccc(Br)cc1F. The van der Waals surface area contributed by atoms with Crippen LogP contribution in [0.15, 0.2) is 40.9 Å². The second-order valence-corrected chi connectivity index (χ2v) is 6.23. The van der Waals surface area contributed by atoms with Crippen molar-refractivity contribution in [2.45, 2.75) is 12.2 Å². The normalized spacial score (nSPS) is 20.4. The van der Waals surface area contributed by atoms with Crippen LogP contribution in [0.3, 0.4) is 0 Å². The first-order valence-corrected chi connectivity index (χ1v) is 7.39. The van der Waals surface area contributed by atoms with Crippen LogP contribution in [-0.2, 0) is 12.2 Å². The van der Waals surface area contributed by atoms with E-state index in [4.69, 9.17) is 0 Å². The van der Waals surface area contributed by atoms with Gasteiger partial charge in [0.15, 0.2) is 7.85 Å². The molecule has 0 radical (unpaired) electrons. The summed E-state index contributed by atoms with van der Waals surface area (Å²) < 4.78 is 28.5. The van der Waals surface area contributed by atoms with Gasteiger partial charge in [0.05, 0.1) is 6.54 Å². The zero-order valence-electron chi connectivity index (χ0n) is 11.6. The molecule has 1 aliphatic rings. The van der Waals surface area contributed by atoms with E-state index in [0.29, 0.717) is 4.47 Å². The van der Waals surface area contributed by atoms with E-state index in [1.807, 2.05) is 0 Å². The number of hydrogen-bond donors (Lipinski definition) is 1. The molecule has 0 saturated heterocycles. The number of fused-ring (bicyclic) bond motifs is 1. The highest BCUT2D eigenvalue weighted by Crippen LogP contribution is 2.37. The van der Waals surface area contributed by atoms with Crippen LogP contribution in [0.4, 0.5) is 8.78 Å². The quantitative estimate of drug-likeness (QED) is 0.828. The average molecular weight is 366 g/mol. The number of benzene rings is 2. The molecule has 0 spiro atoms. The lowest BCUT2D eigenvalue weighted by molar-refractivity contribution is -0.0221. The van der Waals surface area contributed by atoms with Gasteiger partial charge in [-0.1, -0.05) is 28.1 Å². The molecule has 1 heterocycles. The number of amides is 1. The van der Waals surface area contributed by atoms with Crippen molar-refractivity contribution in [1.29, 1.82) is 0 Å². The predicted molar refractivity (Wildman–Crippen MR) is 82.8 cm³/mol. The lowest BCUT2D eigenvalue weighted by Crippen LogP contribution is -2.44. The summed E-state index contributed by atoms with van der Waals surface area (Å²) in [7, 11) is 1.33. The molecular formula is C15H11BBrF2NO2. The van der Waals surface area contributed by atoms with E-state index in [0.717, 1.165) is 4.90 Å². The van der Waals surface area contributed by atoms with Crippen LogP contribution in [-0.4, -0.2) is 23.8 Å². The number of nitrogens with zero attached hydrogens (tertiary/aromatic N) is 1. The molecule has 1 aliphatic heterocycles. The molecule has 0 aromatic heterocycles. The van der Waals surface area contributed by atoms with Gasteiger partial charge < -0.3 is 10.0 Å². The Morgan fingerprint density at radius 2 is 1.95 bits per heavy atom. The summed E-state index contributed by atoms with van der Waals surface area (Å²) >= 11 is 3.16. The Bertz CT molecular complexity index is 782. The zero-order chi connectivity index (χ0) is 16.1. The summed E-state index contributed by atoms with van der Waals surface area (Å²) in [6.07, 6.45) is 0. The molecule has 1 amide bonds. The second kappa shape index (κ2) is 5.17. The maximum Gasteiger partial charge on any atom is 0.256 e. The third-order valence-corrected chi connectivity index (χ3v) is 4.33. The Hall–Kier alpha value is -1.73. The average Bonchev–Trinajstić information content (AvgIpc) is 2.63. The molecule has 7 heteroatoms. The third kappa shape index (κ3) is 2.25. The molecule has 2 aromatic rings. The molecule has 0 saturated carbocycles. The molecule has 0 aliphatic carbocycles. The summed E-state index contributed by atoms with van der Waals surface area (Å²) in [5.41, 5.74) is -1.55. The van der Waals surface area contributed by atoms with Crippen molar-refractivity contribution in [2.24, 2.45) is 0 Å². The minimum Gasteiger partial charge on any atom is -0.375 e. The predicted octanol–water partition coefficient (Wildman–Crippen LogP) is 2.12. The van der Waals surface area contributed by atoms with Gasteiger partial charge >= 0.3 is 0 Å². The van der Waals surface area contributed by atoms with E-state index in [-0.39, 0.29) is 23.2 Å². The molecule has 22 heavy (non-hydrogen) atoms. The first kappa shape index (κ1) is 15.2. The summed E-state index contributed by atoms with van der Waals surface area (Å²) in [6, 6.07) is 8.48. The number of carbonyl (C=O) groups excluding carboxylic acids is 1. The van der Waals surface area contributed by atoms with Crippen LogP contribution in [0.2, 0.25) is 0 Å². The Morgan fingerprint density at radius 1 is 1.23 bits per heavy atom. The third-order valence-electron chi connectivity index (χ3n) is 3.83. The Kier molecular flexibility index (Phi) is 3.57. The van der Waals surface area contributed by atoms with Crippen LogP contribution in [0, 0.1) is 11.6 Å². The van der Waals surface area contributed by atoms with Gasteiger partial charge in [0, 0.05) is 21.2 Å². The molecule has 1 N–H and O–H groups in total. The Morgan fingerprint density at radius 3 is 2.59 bits per heavy atom. The van der Waals surface area contributed by atoms with E-state index in [1.165, 1.54) is 38.2 Å². The second-order valence-electron chi connectivity index (χ2n) is 5.31. The molecule has 1 atom stereocenters. The van der Waals surface area contributed by atoms with E-state index < -0.39 is 23.2 Å². The van der Waals surface area contributed by atoms with Gasteiger partial charge in [-0.05, 0) is 24.3 Å². The van der Waals surface area contributed by atoms with Gasteiger partial charge in [-0.3, -0.25) is 4.79 Å². The standard InChI is InChI=1S/C15H11BBrF2NO2/c16-15(22)13-10(2-1-3-11(13)18)14(21)20(15)7-8-4-5-9(17)6-12(8)19/h1-6,22H,7,16H2. The molecule has 0 bridgehead atoms. The monoisotopic (exact) mass is 365 g/mol. The van der Waals surface area contributed by atoms with Crippen molar-refractivity contribution < 1.29 is 18.7 Å². The fourth-order valence-corrected chi connectivity index (χ4v) is 3.04. The minimum absolute atomic E-state index is 0.0717. The lowest BCUT2D eigenvalue weighted by Gasteiger charge is -2.31. The fourth-order valence-electron chi connectivity index (χ4n) is 2.71. The maximum absolute atomic E-state index is 14.0. The maximum atomic E-state index is 14.0. The topological polar surface area (TPSA) is 40.5 Å². The zero-order valence-corrected chi connectivity index (χ0v) is 13.2. The van der Waals surface area contributed by atoms with E-state index in [9.17, 15) is 18.7 Å². The van der Waals surface area contributed by atoms with Crippen LogP contribution < -0.4 is 0 Å². The van der Waals surface area contributed by atoms with Gasteiger partial charge in [-0.25, -0.2) is 8.78 Å². The van der Waals surface area contributed by atoms with Crippen molar-refractivity contribution in [3.05, 3.63) is 69.2 Å². The molecule has 112 valence electrons. The lowest BCUT2D eigenvalue weighted by atomic mass is 9.83. The van der Waals surface area contributed by atoms with Gasteiger partial charge in [0.2, 0.25) is 0 Å². The molecule has 3 rings (SSSR count). The van der Waals surface area contributed by atoms with E-state index >= 15 is 0 Å². The number of rotatable bonds is 2. The number of hydrogen-bond acceptors (Lipinski definition) is 2. The van der Waals surface area contributed by atoms with Crippen LogP contribution in [0.25, 0.3) is 0 Å². The highest BCUT2D eigenvalue weighted by Gasteiger charge is 2.46. The molecule has 3 nitrogen and oxygen atoms in total. The van der Waals surface area contributed by atoms with Gasteiger partial charge in [-0.2, -0.15) is 0 Å². The van der Waals surface area contributed by atoms with E-state index in [1.54, 1.807) is 6.07 Å². The highest BCUT2D eigenvalue weighted by atomic mass is 79.9. The summed E-state index contributed by atoms with van der Waals surface area (Å²) in [6.45, 7) is -0.154. The van der Waals surface area contributed by atoms with Crippen molar-refractivity contribution >= 4 is 29.7 Å². The number of aliphatic hydroxyl groups is 1. The Labute approximate surface area is 135 Å². The van der Waals surface area contributed by atoms with Gasteiger partial charge in [-0.15, -0.1) is 0 Å². The van der Waals surface area contributed by atoms with Gasteiger partial charge in [0.1, 0.15) is 17.3 Å². The van der Waals surface area contributed by atoms with Crippen molar-refractivity contribution in [2.75, 3.05) is 0 Å². The van der Waals surface area contributed by atoms with Gasteiger partial charge in [0.25, 0.3) is 5.91 Å².